The minimum absolute atomic E-state index is 0.350. The van der Waals surface area contributed by atoms with Gasteiger partial charge < -0.3 is 16.8 Å². The highest BCUT2D eigenvalue weighted by molar-refractivity contribution is 9.10. The maximum Gasteiger partial charge on any atom is 0.173 e. The zero-order valence-electron chi connectivity index (χ0n) is 10.5. The highest BCUT2D eigenvalue weighted by Gasteiger charge is 2.19. The summed E-state index contributed by atoms with van der Waals surface area (Å²) in [5.41, 5.74) is 12.6. The lowest BCUT2D eigenvalue weighted by Gasteiger charge is -2.27. The van der Waals surface area contributed by atoms with Gasteiger partial charge in [0.15, 0.2) is 5.65 Å². The summed E-state index contributed by atoms with van der Waals surface area (Å²) in [5.74, 6) is 1.37. The van der Waals surface area contributed by atoms with E-state index in [2.05, 4.69) is 31.3 Å². The fourth-order valence-electron chi connectivity index (χ4n) is 2.51. The molecule has 0 unspecified atom stereocenters. The van der Waals surface area contributed by atoms with Crippen LogP contribution < -0.4 is 16.8 Å². The third-order valence-corrected chi connectivity index (χ3v) is 4.14. The number of nitrogens with zero attached hydrogens (tertiary/aromatic N) is 3. The van der Waals surface area contributed by atoms with Gasteiger partial charge in [-0.15, -0.1) is 0 Å². The summed E-state index contributed by atoms with van der Waals surface area (Å²) in [6, 6.07) is 2.60. The Kier molecular flexibility index (Phi) is 3.32. The van der Waals surface area contributed by atoms with Crippen molar-refractivity contribution in [2.75, 3.05) is 11.1 Å². The van der Waals surface area contributed by atoms with Gasteiger partial charge in [0.25, 0.3) is 0 Å². The first kappa shape index (κ1) is 12.7. The number of nitrogen functional groups attached to an aromatic ring is 1. The van der Waals surface area contributed by atoms with Gasteiger partial charge in [-0.1, -0.05) is 0 Å². The number of anilines is 2. The second kappa shape index (κ2) is 4.97. The summed E-state index contributed by atoms with van der Waals surface area (Å²) < 4.78 is 2.46. The van der Waals surface area contributed by atoms with Gasteiger partial charge in [0.05, 0.1) is 10.7 Å². The summed E-state index contributed by atoms with van der Waals surface area (Å²) >= 11 is 3.42. The van der Waals surface area contributed by atoms with Gasteiger partial charge in [-0.05, 0) is 41.6 Å². The number of nitrogens with two attached hydrogens (primary N) is 2. The third kappa shape index (κ3) is 2.52. The van der Waals surface area contributed by atoms with Crippen LogP contribution in [-0.4, -0.2) is 26.7 Å². The van der Waals surface area contributed by atoms with Gasteiger partial charge in [-0.2, -0.15) is 9.61 Å². The molecule has 0 aliphatic heterocycles. The van der Waals surface area contributed by atoms with Crippen molar-refractivity contribution in [2.45, 2.75) is 37.8 Å². The minimum atomic E-state index is 0.350. The van der Waals surface area contributed by atoms with E-state index in [1.165, 1.54) is 0 Å². The number of rotatable bonds is 2. The molecule has 0 aromatic carbocycles. The lowest BCUT2D eigenvalue weighted by molar-refractivity contribution is 0.410. The first-order chi connectivity index (χ1) is 9.13. The van der Waals surface area contributed by atoms with Gasteiger partial charge in [0.2, 0.25) is 0 Å². The van der Waals surface area contributed by atoms with E-state index in [0.717, 1.165) is 41.6 Å². The smallest absolute Gasteiger partial charge is 0.173 e. The molecule has 1 aliphatic carbocycles. The van der Waals surface area contributed by atoms with E-state index < -0.39 is 0 Å². The number of aromatic nitrogens is 3. The second-order valence-electron chi connectivity index (χ2n) is 5.05. The highest BCUT2D eigenvalue weighted by Crippen LogP contribution is 2.24. The number of hydrogen-bond acceptors (Lipinski definition) is 5. The predicted molar refractivity (Wildman–Crippen MR) is 79.0 cm³/mol. The molecule has 3 rings (SSSR count). The number of halogens is 1. The predicted octanol–water partition coefficient (Wildman–Crippen LogP) is 1.76. The average Bonchev–Trinajstić information content (AvgIpc) is 2.75. The van der Waals surface area contributed by atoms with E-state index in [1.807, 2.05) is 6.07 Å². The van der Waals surface area contributed by atoms with Crippen LogP contribution >= 0.6 is 15.9 Å². The van der Waals surface area contributed by atoms with E-state index in [1.54, 1.807) is 10.7 Å². The number of nitrogens with one attached hydrogen (secondary N) is 1. The van der Waals surface area contributed by atoms with Crippen molar-refractivity contribution >= 4 is 33.2 Å². The molecule has 102 valence electrons. The summed E-state index contributed by atoms with van der Waals surface area (Å²) in [5, 5.41) is 7.60. The zero-order valence-corrected chi connectivity index (χ0v) is 12.1. The molecule has 0 amide bonds. The standard InChI is InChI=1S/C12H17BrN6/c13-9-6-16-19-10(15)5-11(18-12(9)19)17-8-3-1-7(14)2-4-8/h5-8H,1-4,14-15H2,(H,17,18). The lowest BCUT2D eigenvalue weighted by atomic mass is 9.92. The Labute approximate surface area is 119 Å². The molecule has 0 bridgehead atoms. The van der Waals surface area contributed by atoms with Crippen molar-refractivity contribution in [1.29, 1.82) is 0 Å². The quantitative estimate of drug-likeness (QED) is 0.782. The first-order valence-corrected chi connectivity index (χ1v) is 7.24. The van der Waals surface area contributed by atoms with Crippen LogP contribution in [0, 0.1) is 0 Å². The third-order valence-electron chi connectivity index (χ3n) is 3.58. The monoisotopic (exact) mass is 324 g/mol. The molecule has 0 saturated heterocycles. The largest absolute Gasteiger partial charge is 0.383 e. The van der Waals surface area contributed by atoms with E-state index >= 15 is 0 Å². The Morgan fingerprint density at radius 3 is 2.79 bits per heavy atom. The Morgan fingerprint density at radius 2 is 2.05 bits per heavy atom. The van der Waals surface area contributed by atoms with Crippen molar-refractivity contribution < 1.29 is 0 Å². The molecule has 7 heteroatoms. The maximum absolute atomic E-state index is 5.98. The van der Waals surface area contributed by atoms with E-state index in [9.17, 15) is 0 Å². The van der Waals surface area contributed by atoms with Gasteiger partial charge >= 0.3 is 0 Å². The number of fused-ring (bicyclic) bond motifs is 1. The van der Waals surface area contributed by atoms with Gasteiger partial charge in [-0.3, -0.25) is 0 Å². The van der Waals surface area contributed by atoms with Crippen molar-refractivity contribution in [3.63, 3.8) is 0 Å². The van der Waals surface area contributed by atoms with Crippen LogP contribution in [0.4, 0.5) is 11.6 Å². The summed E-state index contributed by atoms with van der Waals surface area (Å²) in [6.45, 7) is 0. The van der Waals surface area contributed by atoms with E-state index in [-0.39, 0.29) is 0 Å². The van der Waals surface area contributed by atoms with Crippen LogP contribution in [0.5, 0.6) is 0 Å². The van der Waals surface area contributed by atoms with Crippen LogP contribution in [-0.2, 0) is 0 Å². The van der Waals surface area contributed by atoms with Crippen molar-refractivity contribution in [3.8, 4) is 0 Å². The SMILES string of the molecule is Nc1cc(NC2CCC(N)CC2)nc2c(Br)cnn12. The van der Waals surface area contributed by atoms with Crippen LogP contribution in [0.3, 0.4) is 0 Å². The number of hydrogen-bond donors (Lipinski definition) is 3. The summed E-state index contributed by atoms with van der Waals surface area (Å²) in [7, 11) is 0. The highest BCUT2D eigenvalue weighted by atomic mass is 79.9. The molecule has 5 N–H and O–H groups in total. The lowest BCUT2D eigenvalue weighted by Crippen LogP contribution is -2.33. The molecule has 2 aromatic rings. The molecule has 0 spiro atoms. The molecule has 0 atom stereocenters. The first-order valence-electron chi connectivity index (χ1n) is 6.45. The second-order valence-corrected chi connectivity index (χ2v) is 5.90. The molecule has 19 heavy (non-hydrogen) atoms. The molecule has 2 aromatic heterocycles. The maximum atomic E-state index is 5.98. The average molecular weight is 325 g/mol. The Bertz CT molecular complexity index is 587. The van der Waals surface area contributed by atoms with Crippen LogP contribution in [0.2, 0.25) is 0 Å². The fraction of sp³-hybridized carbons (Fsp3) is 0.500. The Balaban J connectivity index is 1.83. The van der Waals surface area contributed by atoms with E-state index in [4.69, 9.17) is 11.5 Å². The van der Waals surface area contributed by atoms with Gasteiger partial charge in [0, 0.05) is 18.2 Å². The fourth-order valence-corrected chi connectivity index (χ4v) is 2.85. The molecular formula is C12H17BrN6. The summed E-state index contributed by atoms with van der Waals surface area (Å²) in [4.78, 5) is 4.54. The zero-order chi connectivity index (χ0) is 13.4. The topological polar surface area (TPSA) is 94.3 Å². The molecule has 1 fully saturated rings. The van der Waals surface area contributed by atoms with Gasteiger partial charge in [0.1, 0.15) is 11.6 Å². The van der Waals surface area contributed by atoms with Crippen molar-refractivity contribution in [2.24, 2.45) is 5.73 Å². The van der Waals surface area contributed by atoms with Gasteiger partial charge in [-0.25, -0.2) is 4.98 Å². The van der Waals surface area contributed by atoms with E-state index in [0.29, 0.717) is 17.9 Å². The van der Waals surface area contributed by atoms with Crippen LogP contribution in [0.15, 0.2) is 16.7 Å². The molecule has 0 radical (unpaired) electrons. The Hall–Kier alpha value is -1.34. The van der Waals surface area contributed by atoms with Crippen LogP contribution in [0.1, 0.15) is 25.7 Å². The minimum Gasteiger partial charge on any atom is -0.383 e. The molecule has 1 aliphatic rings. The molecule has 2 heterocycles. The van der Waals surface area contributed by atoms with Crippen LogP contribution in [0.25, 0.3) is 5.65 Å². The molecule has 1 saturated carbocycles. The molecular weight excluding hydrogens is 308 g/mol. The normalized spacial score (nSPS) is 23.7. The summed E-state index contributed by atoms with van der Waals surface area (Å²) in [6.07, 6.45) is 5.97. The van der Waals surface area contributed by atoms with Crippen molar-refractivity contribution in [1.82, 2.24) is 14.6 Å². The Morgan fingerprint density at radius 1 is 1.32 bits per heavy atom. The molecule has 6 nitrogen and oxygen atoms in total. The van der Waals surface area contributed by atoms with Crippen molar-refractivity contribution in [3.05, 3.63) is 16.7 Å².